The average Bonchev–Trinajstić information content (AvgIpc) is 2.71. The first-order valence-corrected chi connectivity index (χ1v) is 6.28. The SMILES string of the molecule is CC(C)(NC1=NCCCC1)c1nccs1. The van der Waals surface area contributed by atoms with Crippen molar-refractivity contribution in [3.05, 3.63) is 16.6 Å². The summed E-state index contributed by atoms with van der Waals surface area (Å²) in [5.41, 5.74) is -0.0929. The van der Waals surface area contributed by atoms with Crippen LogP contribution in [0.1, 0.15) is 38.1 Å². The fraction of sp³-hybridized carbons (Fsp3) is 0.636. The van der Waals surface area contributed by atoms with E-state index in [0.29, 0.717) is 0 Å². The maximum absolute atomic E-state index is 4.51. The van der Waals surface area contributed by atoms with E-state index < -0.39 is 0 Å². The zero-order chi connectivity index (χ0) is 10.7. The highest BCUT2D eigenvalue weighted by Crippen LogP contribution is 2.22. The third kappa shape index (κ3) is 2.56. The van der Waals surface area contributed by atoms with Gasteiger partial charge in [-0.25, -0.2) is 4.98 Å². The summed E-state index contributed by atoms with van der Waals surface area (Å²) in [7, 11) is 0. The number of nitrogens with zero attached hydrogens (tertiary/aromatic N) is 2. The first-order valence-electron chi connectivity index (χ1n) is 5.40. The summed E-state index contributed by atoms with van der Waals surface area (Å²) in [4.78, 5) is 8.86. The lowest BCUT2D eigenvalue weighted by Gasteiger charge is -2.27. The molecule has 0 bridgehead atoms. The highest BCUT2D eigenvalue weighted by Gasteiger charge is 2.24. The molecule has 4 heteroatoms. The van der Waals surface area contributed by atoms with E-state index in [9.17, 15) is 0 Å². The molecule has 0 radical (unpaired) electrons. The lowest BCUT2D eigenvalue weighted by molar-refractivity contribution is 0.472. The molecule has 1 aromatic heterocycles. The van der Waals surface area contributed by atoms with Gasteiger partial charge in [0.1, 0.15) is 5.01 Å². The molecule has 15 heavy (non-hydrogen) atoms. The highest BCUT2D eigenvalue weighted by atomic mass is 32.1. The second-order valence-corrected chi connectivity index (χ2v) is 5.27. The summed E-state index contributed by atoms with van der Waals surface area (Å²) < 4.78 is 0. The van der Waals surface area contributed by atoms with Crippen molar-refractivity contribution in [3.63, 3.8) is 0 Å². The van der Waals surface area contributed by atoms with Gasteiger partial charge in [0.15, 0.2) is 0 Å². The lowest BCUT2D eigenvalue weighted by atomic mass is 10.1. The third-order valence-corrected chi connectivity index (χ3v) is 3.64. The maximum Gasteiger partial charge on any atom is 0.117 e. The molecular formula is C11H17N3S. The van der Waals surface area contributed by atoms with Crippen LogP contribution in [0.4, 0.5) is 0 Å². The topological polar surface area (TPSA) is 37.3 Å². The Morgan fingerprint density at radius 1 is 1.40 bits per heavy atom. The molecule has 2 heterocycles. The second kappa shape index (κ2) is 4.31. The van der Waals surface area contributed by atoms with E-state index in [4.69, 9.17) is 0 Å². The van der Waals surface area contributed by atoms with Crippen LogP contribution < -0.4 is 5.32 Å². The molecule has 1 aliphatic heterocycles. The minimum atomic E-state index is -0.0929. The fourth-order valence-corrected chi connectivity index (χ4v) is 2.46. The minimum absolute atomic E-state index is 0.0929. The van der Waals surface area contributed by atoms with Gasteiger partial charge in [0.05, 0.1) is 11.4 Å². The Bertz CT molecular complexity index is 341. The summed E-state index contributed by atoms with van der Waals surface area (Å²) in [6.45, 7) is 5.28. The molecular weight excluding hydrogens is 206 g/mol. The van der Waals surface area contributed by atoms with Gasteiger partial charge in [-0.2, -0.15) is 0 Å². The van der Waals surface area contributed by atoms with E-state index in [-0.39, 0.29) is 5.54 Å². The Balaban J connectivity index is 2.07. The van der Waals surface area contributed by atoms with Crippen LogP contribution in [0.2, 0.25) is 0 Å². The van der Waals surface area contributed by atoms with Crippen molar-refractivity contribution in [2.75, 3.05) is 6.54 Å². The van der Waals surface area contributed by atoms with E-state index in [2.05, 4.69) is 29.1 Å². The number of aliphatic imine (C=N–C) groups is 1. The van der Waals surface area contributed by atoms with Crippen LogP contribution in [0, 0.1) is 0 Å². The molecule has 0 saturated heterocycles. The van der Waals surface area contributed by atoms with E-state index in [1.54, 1.807) is 11.3 Å². The molecule has 82 valence electrons. The zero-order valence-corrected chi connectivity index (χ0v) is 10.1. The van der Waals surface area contributed by atoms with E-state index in [1.165, 1.54) is 12.8 Å². The summed E-state index contributed by atoms with van der Waals surface area (Å²) in [6.07, 6.45) is 5.41. The molecule has 0 saturated carbocycles. The van der Waals surface area contributed by atoms with Gasteiger partial charge in [0, 0.05) is 24.5 Å². The van der Waals surface area contributed by atoms with Crippen LogP contribution in [0.25, 0.3) is 0 Å². The van der Waals surface area contributed by atoms with E-state index in [0.717, 1.165) is 23.8 Å². The molecule has 0 aromatic carbocycles. The van der Waals surface area contributed by atoms with Gasteiger partial charge in [0.25, 0.3) is 0 Å². The predicted octanol–water partition coefficient (Wildman–Crippen LogP) is 2.55. The van der Waals surface area contributed by atoms with Crippen molar-refractivity contribution in [3.8, 4) is 0 Å². The van der Waals surface area contributed by atoms with Gasteiger partial charge in [-0.05, 0) is 26.7 Å². The minimum Gasteiger partial charge on any atom is -0.362 e. The van der Waals surface area contributed by atoms with Gasteiger partial charge < -0.3 is 5.32 Å². The summed E-state index contributed by atoms with van der Waals surface area (Å²) in [5.74, 6) is 1.14. The molecule has 1 N–H and O–H groups in total. The van der Waals surface area contributed by atoms with E-state index >= 15 is 0 Å². The van der Waals surface area contributed by atoms with Crippen molar-refractivity contribution < 1.29 is 0 Å². The Kier molecular flexibility index (Phi) is 3.05. The van der Waals surface area contributed by atoms with Gasteiger partial charge in [-0.15, -0.1) is 11.3 Å². The van der Waals surface area contributed by atoms with Crippen molar-refractivity contribution in [2.45, 2.75) is 38.6 Å². The summed E-state index contributed by atoms with van der Waals surface area (Å²) >= 11 is 1.69. The Labute approximate surface area is 94.7 Å². The quantitative estimate of drug-likeness (QED) is 0.836. The van der Waals surface area contributed by atoms with Gasteiger partial charge in [0.2, 0.25) is 0 Å². The fourth-order valence-electron chi connectivity index (χ4n) is 1.75. The summed E-state index contributed by atoms with van der Waals surface area (Å²) in [6, 6.07) is 0. The van der Waals surface area contributed by atoms with Crippen LogP contribution in [0.5, 0.6) is 0 Å². The molecule has 1 aliphatic rings. The second-order valence-electron chi connectivity index (χ2n) is 4.37. The number of rotatable bonds is 2. The molecule has 0 amide bonds. The maximum atomic E-state index is 4.51. The first-order chi connectivity index (χ1) is 7.18. The largest absolute Gasteiger partial charge is 0.362 e. The van der Waals surface area contributed by atoms with Crippen molar-refractivity contribution in [1.82, 2.24) is 10.3 Å². The predicted molar refractivity (Wildman–Crippen MR) is 64.4 cm³/mol. The van der Waals surface area contributed by atoms with Crippen LogP contribution >= 0.6 is 11.3 Å². The number of thiazole rings is 1. The van der Waals surface area contributed by atoms with Crippen LogP contribution in [0.3, 0.4) is 0 Å². The van der Waals surface area contributed by atoms with Crippen molar-refractivity contribution >= 4 is 17.2 Å². The van der Waals surface area contributed by atoms with Crippen LogP contribution in [-0.2, 0) is 5.54 Å². The molecule has 0 spiro atoms. The normalized spacial score (nSPS) is 17.3. The van der Waals surface area contributed by atoms with Crippen LogP contribution in [0.15, 0.2) is 16.6 Å². The number of amidine groups is 1. The molecule has 3 nitrogen and oxygen atoms in total. The average molecular weight is 223 g/mol. The highest BCUT2D eigenvalue weighted by molar-refractivity contribution is 7.09. The van der Waals surface area contributed by atoms with Crippen LogP contribution in [-0.4, -0.2) is 17.4 Å². The molecule has 0 fully saturated rings. The van der Waals surface area contributed by atoms with Gasteiger partial charge >= 0.3 is 0 Å². The number of aromatic nitrogens is 1. The molecule has 1 aromatic rings. The third-order valence-electron chi connectivity index (χ3n) is 2.55. The molecule has 2 rings (SSSR count). The van der Waals surface area contributed by atoms with Gasteiger partial charge in [-0.1, -0.05) is 0 Å². The monoisotopic (exact) mass is 223 g/mol. The standard InChI is InChI=1S/C11H17N3S/c1-11(2,10-13-7-8-15-10)14-9-5-3-4-6-12-9/h7-8H,3-6H2,1-2H3,(H,12,14). The Hall–Kier alpha value is -0.900. The zero-order valence-electron chi connectivity index (χ0n) is 9.29. The number of hydrogen-bond acceptors (Lipinski definition) is 4. The molecule has 0 aliphatic carbocycles. The van der Waals surface area contributed by atoms with E-state index in [1.807, 2.05) is 11.6 Å². The number of hydrogen-bond donors (Lipinski definition) is 1. The lowest BCUT2D eigenvalue weighted by Crippen LogP contribution is -2.41. The summed E-state index contributed by atoms with van der Waals surface area (Å²) in [5, 5.41) is 6.63. The Morgan fingerprint density at radius 2 is 2.27 bits per heavy atom. The smallest absolute Gasteiger partial charge is 0.117 e. The van der Waals surface area contributed by atoms with Gasteiger partial charge in [-0.3, -0.25) is 4.99 Å². The number of nitrogens with one attached hydrogen (secondary N) is 1. The van der Waals surface area contributed by atoms with Crippen molar-refractivity contribution in [1.29, 1.82) is 0 Å². The molecule has 0 unspecified atom stereocenters. The Morgan fingerprint density at radius 3 is 2.87 bits per heavy atom. The molecule has 0 atom stereocenters. The van der Waals surface area contributed by atoms with Crippen molar-refractivity contribution in [2.24, 2.45) is 4.99 Å². The first kappa shape index (κ1) is 10.6.